The van der Waals surface area contributed by atoms with E-state index in [-0.39, 0.29) is 5.97 Å². The Balaban J connectivity index is 2.60. The lowest BCUT2D eigenvalue weighted by molar-refractivity contribution is -0.136. The summed E-state index contributed by atoms with van der Waals surface area (Å²) in [5.74, 6) is 1.04. The molecule has 104 valence electrons. The van der Waals surface area contributed by atoms with E-state index in [0.29, 0.717) is 30.3 Å². The van der Waals surface area contributed by atoms with Gasteiger partial charge in [0.2, 0.25) is 0 Å². The summed E-state index contributed by atoms with van der Waals surface area (Å²) < 4.78 is 15.8. The molecule has 0 aliphatic carbocycles. The zero-order valence-electron chi connectivity index (χ0n) is 11.6. The number of para-hydroxylation sites is 2. The van der Waals surface area contributed by atoms with Gasteiger partial charge in [0.05, 0.1) is 13.7 Å². The molecule has 0 aliphatic rings. The van der Waals surface area contributed by atoms with E-state index in [4.69, 9.17) is 9.47 Å². The van der Waals surface area contributed by atoms with E-state index in [1.165, 1.54) is 7.11 Å². The Hall–Kier alpha value is -1.97. The molecule has 1 aromatic carbocycles. The number of carbonyl (C=O) groups is 1. The van der Waals surface area contributed by atoms with Crippen LogP contribution in [0.4, 0.5) is 0 Å². The molecule has 0 saturated heterocycles. The number of esters is 1. The zero-order chi connectivity index (χ0) is 14.1. The summed E-state index contributed by atoms with van der Waals surface area (Å²) in [5, 5.41) is 0. The van der Waals surface area contributed by atoms with Crippen LogP contribution in [-0.2, 0) is 9.53 Å². The minimum absolute atomic E-state index is 0.299. The maximum atomic E-state index is 11.2. The van der Waals surface area contributed by atoms with Crippen molar-refractivity contribution in [2.75, 3.05) is 20.3 Å². The molecule has 0 spiro atoms. The third-order valence-corrected chi connectivity index (χ3v) is 2.45. The third-order valence-electron chi connectivity index (χ3n) is 2.45. The van der Waals surface area contributed by atoms with Crippen LogP contribution in [0, 0.1) is 0 Å². The zero-order valence-corrected chi connectivity index (χ0v) is 11.6. The molecule has 0 unspecified atom stereocenters. The van der Waals surface area contributed by atoms with E-state index in [1.807, 2.05) is 31.2 Å². The predicted octanol–water partition coefficient (Wildman–Crippen LogP) is 2.97. The second-order valence-electron chi connectivity index (χ2n) is 3.98. The quantitative estimate of drug-likeness (QED) is 0.561. The van der Waals surface area contributed by atoms with Gasteiger partial charge < -0.3 is 14.2 Å². The van der Waals surface area contributed by atoms with Crippen LogP contribution in [0.25, 0.3) is 0 Å². The second-order valence-corrected chi connectivity index (χ2v) is 3.98. The van der Waals surface area contributed by atoms with E-state index in [0.717, 1.165) is 6.42 Å². The van der Waals surface area contributed by atoms with Gasteiger partial charge in [0.15, 0.2) is 11.5 Å². The van der Waals surface area contributed by atoms with Gasteiger partial charge in [-0.1, -0.05) is 19.1 Å². The van der Waals surface area contributed by atoms with Crippen molar-refractivity contribution in [2.45, 2.75) is 20.3 Å². The normalized spacial score (nSPS) is 11.0. The Morgan fingerprint density at radius 3 is 2.42 bits per heavy atom. The highest BCUT2D eigenvalue weighted by atomic mass is 16.5. The Morgan fingerprint density at radius 2 is 1.84 bits per heavy atom. The molecule has 4 nitrogen and oxygen atoms in total. The maximum absolute atomic E-state index is 11.2. The molecule has 0 saturated carbocycles. The monoisotopic (exact) mass is 264 g/mol. The third kappa shape index (κ3) is 5.04. The minimum Gasteiger partial charge on any atom is -0.490 e. The Kier molecular flexibility index (Phi) is 6.50. The van der Waals surface area contributed by atoms with Gasteiger partial charge in [0.1, 0.15) is 6.61 Å². The van der Waals surface area contributed by atoms with Crippen molar-refractivity contribution in [3.05, 3.63) is 35.9 Å². The Labute approximate surface area is 114 Å². The average molecular weight is 264 g/mol. The fraction of sp³-hybridized carbons (Fsp3) is 0.400. The first kappa shape index (κ1) is 15.1. The highest BCUT2D eigenvalue weighted by molar-refractivity contribution is 5.87. The first-order chi connectivity index (χ1) is 9.19. The first-order valence-electron chi connectivity index (χ1n) is 6.28. The molecule has 0 bridgehead atoms. The van der Waals surface area contributed by atoms with Gasteiger partial charge in [0, 0.05) is 5.57 Å². The number of hydrogen-bond acceptors (Lipinski definition) is 4. The number of ether oxygens (including phenoxy) is 3. The minimum atomic E-state index is -0.348. The van der Waals surface area contributed by atoms with Crippen molar-refractivity contribution in [1.29, 1.82) is 0 Å². The van der Waals surface area contributed by atoms with Gasteiger partial charge in [-0.05, 0) is 31.6 Å². The molecule has 0 radical (unpaired) electrons. The number of methoxy groups -OCH3 is 1. The van der Waals surface area contributed by atoms with Gasteiger partial charge in [-0.2, -0.15) is 0 Å². The van der Waals surface area contributed by atoms with Crippen molar-refractivity contribution in [2.24, 2.45) is 0 Å². The summed E-state index contributed by atoms with van der Waals surface area (Å²) in [6.45, 7) is 4.69. The molecule has 0 N–H and O–H groups in total. The topological polar surface area (TPSA) is 44.8 Å². The fourth-order valence-corrected chi connectivity index (χ4v) is 1.40. The molecule has 0 aromatic heterocycles. The van der Waals surface area contributed by atoms with Crippen LogP contribution >= 0.6 is 0 Å². The maximum Gasteiger partial charge on any atom is 0.333 e. The number of hydrogen-bond donors (Lipinski definition) is 0. The van der Waals surface area contributed by atoms with Crippen molar-refractivity contribution in [3.8, 4) is 11.5 Å². The van der Waals surface area contributed by atoms with Gasteiger partial charge >= 0.3 is 5.97 Å². The molecule has 19 heavy (non-hydrogen) atoms. The van der Waals surface area contributed by atoms with Crippen LogP contribution in [0.1, 0.15) is 20.3 Å². The van der Waals surface area contributed by atoms with Gasteiger partial charge in [0.25, 0.3) is 0 Å². The highest BCUT2D eigenvalue weighted by Gasteiger charge is 2.05. The van der Waals surface area contributed by atoms with Crippen molar-refractivity contribution in [3.63, 3.8) is 0 Å². The standard InChI is InChI=1S/C15H20O4/c1-4-10-18-13-7-5-6-8-14(13)19-11-9-12(2)15(16)17-3/h5-9H,4,10-11H2,1-3H3. The summed E-state index contributed by atoms with van der Waals surface area (Å²) in [4.78, 5) is 11.2. The van der Waals surface area contributed by atoms with Crippen LogP contribution < -0.4 is 9.47 Å². The smallest absolute Gasteiger partial charge is 0.333 e. The molecular weight excluding hydrogens is 244 g/mol. The molecule has 1 rings (SSSR count). The molecule has 0 heterocycles. The van der Waals surface area contributed by atoms with E-state index in [1.54, 1.807) is 13.0 Å². The first-order valence-corrected chi connectivity index (χ1v) is 6.28. The largest absolute Gasteiger partial charge is 0.490 e. The molecule has 0 atom stereocenters. The van der Waals surface area contributed by atoms with Crippen molar-refractivity contribution in [1.82, 2.24) is 0 Å². The number of benzene rings is 1. The average Bonchev–Trinajstić information content (AvgIpc) is 2.45. The van der Waals surface area contributed by atoms with Gasteiger partial charge in [-0.3, -0.25) is 0 Å². The van der Waals surface area contributed by atoms with Crippen LogP contribution in [0.3, 0.4) is 0 Å². The van der Waals surface area contributed by atoms with Gasteiger partial charge in [-0.25, -0.2) is 4.79 Å². The molecule has 1 aromatic rings. The summed E-state index contributed by atoms with van der Waals surface area (Å²) in [5.41, 5.74) is 0.523. The second kappa shape index (κ2) is 8.19. The van der Waals surface area contributed by atoms with E-state index in [2.05, 4.69) is 4.74 Å². The molecule has 0 aliphatic heterocycles. The molecular formula is C15H20O4. The number of carbonyl (C=O) groups excluding carboxylic acids is 1. The highest BCUT2D eigenvalue weighted by Crippen LogP contribution is 2.26. The van der Waals surface area contributed by atoms with E-state index >= 15 is 0 Å². The Morgan fingerprint density at radius 1 is 1.21 bits per heavy atom. The van der Waals surface area contributed by atoms with E-state index < -0.39 is 0 Å². The van der Waals surface area contributed by atoms with Crippen LogP contribution in [0.5, 0.6) is 11.5 Å². The van der Waals surface area contributed by atoms with E-state index in [9.17, 15) is 4.79 Å². The fourth-order valence-electron chi connectivity index (χ4n) is 1.40. The van der Waals surface area contributed by atoms with Crippen LogP contribution in [0.15, 0.2) is 35.9 Å². The van der Waals surface area contributed by atoms with Gasteiger partial charge in [-0.15, -0.1) is 0 Å². The lowest BCUT2D eigenvalue weighted by atomic mass is 10.3. The molecule has 4 heteroatoms. The SMILES string of the molecule is CCCOc1ccccc1OCC=C(C)C(=O)OC. The lowest BCUT2D eigenvalue weighted by Crippen LogP contribution is -2.05. The molecule has 0 amide bonds. The summed E-state index contributed by atoms with van der Waals surface area (Å²) in [7, 11) is 1.36. The van der Waals surface area contributed by atoms with Crippen molar-refractivity contribution >= 4 is 5.97 Å². The Bertz CT molecular complexity index is 438. The van der Waals surface area contributed by atoms with Crippen molar-refractivity contribution < 1.29 is 19.0 Å². The summed E-state index contributed by atoms with van der Waals surface area (Å²) >= 11 is 0. The van der Waals surface area contributed by atoms with Crippen LogP contribution in [-0.4, -0.2) is 26.3 Å². The molecule has 0 fully saturated rings. The summed E-state index contributed by atoms with van der Waals surface area (Å²) in [6.07, 6.45) is 2.62. The lowest BCUT2D eigenvalue weighted by Gasteiger charge is -2.11. The predicted molar refractivity (Wildman–Crippen MR) is 73.5 cm³/mol. The number of rotatable bonds is 7. The van der Waals surface area contributed by atoms with Crippen LogP contribution in [0.2, 0.25) is 0 Å². The summed E-state index contributed by atoms with van der Waals surface area (Å²) in [6, 6.07) is 7.48.